The first kappa shape index (κ1) is 17.0. The van der Waals surface area contributed by atoms with Crippen molar-refractivity contribution in [3.8, 4) is 0 Å². The zero-order chi connectivity index (χ0) is 17.7. The molecule has 0 radical (unpaired) electrons. The smallest absolute Gasteiger partial charge is 0.414 e. The second-order valence-electron chi connectivity index (χ2n) is 8.25. The van der Waals surface area contributed by atoms with Crippen molar-refractivity contribution in [1.29, 1.82) is 0 Å². The Balaban J connectivity index is 1.88. The summed E-state index contributed by atoms with van der Waals surface area (Å²) in [6.45, 7) is 10.2. The molecule has 0 aliphatic carbocycles. The predicted molar refractivity (Wildman–Crippen MR) is 91.4 cm³/mol. The maximum Gasteiger partial charge on any atom is 0.414 e. The van der Waals surface area contributed by atoms with E-state index in [1.165, 1.54) is 5.56 Å². The van der Waals surface area contributed by atoms with Gasteiger partial charge in [0, 0.05) is 25.6 Å². The van der Waals surface area contributed by atoms with E-state index in [2.05, 4.69) is 17.0 Å². The van der Waals surface area contributed by atoms with Crippen LogP contribution in [0.1, 0.15) is 33.3 Å². The highest BCUT2D eigenvalue weighted by atomic mass is 16.4. The molecule has 5 nitrogen and oxygen atoms in total. The summed E-state index contributed by atoms with van der Waals surface area (Å²) in [5, 5.41) is 9.63. The van der Waals surface area contributed by atoms with E-state index in [1.54, 1.807) is 0 Å². The third kappa shape index (κ3) is 2.42. The molecule has 2 heterocycles. The van der Waals surface area contributed by atoms with Gasteiger partial charge in [-0.3, -0.25) is 9.69 Å². The number of likely N-dealkylation sites (tertiary alicyclic amines) is 2. The van der Waals surface area contributed by atoms with Crippen molar-refractivity contribution in [2.75, 3.05) is 13.1 Å². The van der Waals surface area contributed by atoms with Crippen molar-refractivity contribution >= 4 is 12.0 Å². The van der Waals surface area contributed by atoms with Gasteiger partial charge in [-0.2, -0.15) is 0 Å². The molecule has 24 heavy (non-hydrogen) atoms. The van der Waals surface area contributed by atoms with Crippen molar-refractivity contribution in [3.63, 3.8) is 0 Å². The number of carbonyl (C=O) groups excluding carboxylic acids is 1. The lowest BCUT2D eigenvalue weighted by Gasteiger charge is -2.46. The Morgan fingerprint density at radius 1 is 1.25 bits per heavy atom. The Morgan fingerprint density at radius 2 is 1.88 bits per heavy atom. The van der Waals surface area contributed by atoms with Crippen LogP contribution >= 0.6 is 0 Å². The fraction of sp³-hybridized carbons (Fsp3) is 0.579. The summed E-state index contributed by atoms with van der Waals surface area (Å²) in [5.74, 6) is -0.431. The molecule has 3 rings (SSSR count). The van der Waals surface area contributed by atoms with Gasteiger partial charge in [0.25, 0.3) is 0 Å². The normalized spacial score (nSPS) is 30.7. The van der Waals surface area contributed by atoms with Gasteiger partial charge in [0.2, 0.25) is 5.91 Å². The monoisotopic (exact) mass is 330 g/mol. The molecule has 2 fully saturated rings. The number of fused-ring (bicyclic) bond motifs is 1. The fourth-order valence-electron chi connectivity index (χ4n) is 4.42. The Labute approximate surface area is 143 Å². The first-order valence-corrected chi connectivity index (χ1v) is 8.49. The second-order valence-corrected chi connectivity index (χ2v) is 8.25. The number of amides is 2. The third-order valence-electron chi connectivity index (χ3n) is 6.08. The van der Waals surface area contributed by atoms with Crippen molar-refractivity contribution in [2.24, 2.45) is 17.3 Å². The van der Waals surface area contributed by atoms with Crippen LogP contribution in [-0.2, 0) is 11.3 Å². The number of hydrogen-bond acceptors (Lipinski definition) is 3. The van der Waals surface area contributed by atoms with Gasteiger partial charge in [-0.25, -0.2) is 9.69 Å². The molecular formula is C19H26N2O3. The van der Waals surface area contributed by atoms with Gasteiger partial charge in [-0.05, 0) is 17.9 Å². The molecule has 0 bridgehead atoms. The first-order valence-electron chi connectivity index (χ1n) is 8.49. The zero-order valence-corrected chi connectivity index (χ0v) is 14.8. The molecule has 0 spiro atoms. The Bertz CT molecular complexity index is 652. The molecule has 2 aliphatic rings. The zero-order valence-electron chi connectivity index (χ0n) is 14.8. The van der Waals surface area contributed by atoms with Gasteiger partial charge in [0.15, 0.2) is 0 Å². The van der Waals surface area contributed by atoms with Crippen LogP contribution in [0.3, 0.4) is 0 Å². The first-order chi connectivity index (χ1) is 11.2. The standard InChI is InChI=1S/C19H26N2O3/c1-18(2,3)19(4)15-12-20(10-13-8-6-5-7-9-13)11-14(15)16(22)21(19)17(23)24/h5-9,14-15H,10-12H2,1-4H3,(H,23,24)/t14-,15+,19-/m0/s1. The summed E-state index contributed by atoms with van der Waals surface area (Å²) >= 11 is 0. The van der Waals surface area contributed by atoms with Crippen LogP contribution in [0.5, 0.6) is 0 Å². The lowest BCUT2D eigenvalue weighted by molar-refractivity contribution is -0.133. The van der Waals surface area contributed by atoms with Gasteiger partial charge in [-0.15, -0.1) is 0 Å². The van der Waals surface area contributed by atoms with E-state index in [0.717, 1.165) is 18.0 Å². The van der Waals surface area contributed by atoms with E-state index in [-0.39, 0.29) is 23.2 Å². The topological polar surface area (TPSA) is 60.9 Å². The Hall–Kier alpha value is -1.88. The van der Waals surface area contributed by atoms with E-state index < -0.39 is 11.6 Å². The summed E-state index contributed by atoms with van der Waals surface area (Å²) in [6.07, 6.45) is -1.12. The molecule has 2 aliphatic heterocycles. The molecule has 1 aromatic rings. The molecule has 1 aromatic carbocycles. The molecule has 0 aromatic heterocycles. The van der Waals surface area contributed by atoms with Gasteiger partial charge in [-0.1, -0.05) is 51.1 Å². The molecule has 130 valence electrons. The van der Waals surface area contributed by atoms with E-state index in [1.807, 2.05) is 45.9 Å². The van der Waals surface area contributed by atoms with Crippen LogP contribution in [0.15, 0.2) is 30.3 Å². The molecule has 2 amide bonds. The van der Waals surface area contributed by atoms with E-state index in [9.17, 15) is 14.7 Å². The number of nitrogens with zero attached hydrogens (tertiary/aromatic N) is 2. The number of rotatable bonds is 2. The Kier molecular flexibility index (Phi) is 3.95. The maximum absolute atomic E-state index is 12.8. The van der Waals surface area contributed by atoms with Crippen molar-refractivity contribution < 1.29 is 14.7 Å². The minimum absolute atomic E-state index is 0.0322. The highest BCUT2D eigenvalue weighted by Crippen LogP contribution is 2.52. The number of imide groups is 1. The molecule has 0 unspecified atom stereocenters. The van der Waals surface area contributed by atoms with Gasteiger partial charge in [0.1, 0.15) is 0 Å². The Morgan fingerprint density at radius 3 is 2.42 bits per heavy atom. The van der Waals surface area contributed by atoms with Crippen LogP contribution in [0.25, 0.3) is 0 Å². The molecular weight excluding hydrogens is 304 g/mol. The number of carboxylic acid groups (broad SMARTS) is 1. The van der Waals surface area contributed by atoms with E-state index in [0.29, 0.717) is 6.54 Å². The van der Waals surface area contributed by atoms with E-state index >= 15 is 0 Å². The molecule has 1 N–H and O–H groups in total. The summed E-state index contributed by atoms with van der Waals surface area (Å²) in [6, 6.07) is 10.2. The minimum Gasteiger partial charge on any atom is -0.465 e. The minimum atomic E-state index is -1.12. The van der Waals surface area contributed by atoms with Crippen molar-refractivity contribution in [2.45, 2.75) is 39.8 Å². The van der Waals surface area contributed by atoms with Crippen molar-refractivity contribution in [1.82, 2.24) is 9.80 Å². The molecule has 5 heteroatoms. The lowest BCUT2D eigenvalue weighted by atomic mass is 9.66. The van der Waals surface area contributed by atoms with Crippen LogP contribution < -0.4 is 0 Å². The average molecular weight is 330 g/mol. The third-order valence-corrected chi connectivity index (χ3v) is 6.08. The van der Waals surface area contributed by atoms with Crippen LogP contribution in [0.2, 0.25) is 0 Å². The maximum atomic E-state index is 12.8. The van der Waals surface area contributed by atoms with Crippen LogP contribution in [0, 0.1) is 17.3 Å². The lowest BCUT2D eigenvalue weighted by Crippen LogP contribution is -2.58. The largest absolute Gasteiger partial charge is 0.465 e. The molecule has 0 saturated carbocycles. The van der Waals surface area contributed by atoms with Crippen LogP contribution in [-0.4, -0.2) is 45.5 Å². The van der Waals surface area contributed by atoms with Gasteiger partial charge < -0.3 is 5.11 Å². The predicted octanol–water partition coefficient (Wildman–Crippen LogP) is 3.06. The summed E-state index contributed by atoms with van der Waals surface area (Å²) < 4.78 is 0. The highest BCUT2D eigenvalue weighted by Gasteiger charge is 2.65. The number of carbonyl (C=O) groups is 2. The van der Waals surface area contributed by atoms with Gasteiger partial charge in [0.05, 0.1) is 11.5 Å². The summed E-state index contributed by atoms with van der Waals surface area (Å²) in [4.78, 5) is 28.0. The number of hydrogen-bond donors (Lipinski definition) is 1. The fourth-order valence-corrected chi connectivity index (χ4v) is 4.42. The average Bonchev–Trinajstić information content (AvgIpc) is 2.98. The van der Waals surface area contributed by atoms with Crippen molar-refractivity contribution in [3.05, 3.63) is 35.9 Å². The summed E-state index contributed by atoms with van der Waals surface area (Å²) in [5.41, 5.74) is 0.215. The molecule has 2 saturated heterocycles. The highest BCUT2D eigenvalue weighted by molar-refractivity contribution is 5.96. The quantitative estimate of drug-likeness (QED) is 0.905. The molecule has 3 atom stereocenters. The van der Waals surface area contributed by atoms with E-state index in [4.69, 9.17) is 0 Å². The van der Waals surface area contributed by atoms with Gasteiger partial charge >= 0.3 is 6.09 Å². The van der Waals surface area contributed by atoms with Crippen LogP contribution in [0.4, 0.5) is 4.79 Å². The summed E-state index contributed by atoms with van der Waals surface area (Å²) in [7, 11) is 0. The number of benzene rings is 1. The SMILES string of the molecule is CC(C)(C)[C@]1(C)[C@@H]2CN(Cc3ccccc3)C[C@@H]2C(=O)N1C(=O)O. The second kappa shape index (κ2) is 5.59.